The number of amides is 1. The highest BCUT2D eigenvalue weighted by Gasteiger charge is 2.25. The number of hydrogen-bond donors (Lipinski definition) is 0. The van der Waals surface area contributed by atoms with Crippen LogP contribution < -0.4 is 9.47 Å². The Hall–Kier alpha value is -3.55. The number of carbonyl (C=O) groups excluding carboxylic acids is 1. The summed E-state index contributed by atoms with van der Waals surface area (Å²) in [6.45, 7) is -7.01. The molecule has 30 heavy (non-hydrogen) atoms. The Morgan fingerprint density at radius 2 is 1.97 bits per heavy atom. The first-order valence-electron chi connectivity index (χ1n) is 13.5. The van der Waals surface area contributed by atoms with Crippen LogP contribution in [0.25, 0.3) is 11.1 Å². The zero-order valence-corrected chi connectivity index (χ0v) is 15.3. The Morgan fingerprint density at radius 1 is 1.23 bits per heavy atom. The molecule has 154 valence electrons. The summed E-state index contributed by atoms with van der Waals surface area (Å²) in [5, 5.41) is 0. The molecule has 6 nitrogen and oxygen atoms in total. The first kappa shape index (κ1) is 11.0. The topological polar surface area (TPSA) is 64.6 Å². The molecule has 1 aliphatic heterocycles. The van der Waals surface area contributed by atoms with Gasteiger partial charge in [-0.15, -0.1) is 0 Å². The second-order valence-electron chi connectivity index (χ2n) is 6.08. The number of carbonyl (C=O) groups is 1. The van der Waals surface area contributed by atoms with Gasteiger partial charge in [0.25, 0.3) is 5.91 Å². The van der Waals surface area contributed by atoms with E-state index in [0.29, 0.717) is 6.92 Å². The molecule has 0 saturated heterocycles. The molecular formula is C22H19F2N3O3. The summed E-state index contributed by atoms with van der Waals surface area (Å²) in [4.78, 5) is 21.3. The number of aromatic nitrogens is 2. The van der Waals surface area contributed by atoms with Crippen LogP contribution >= 0.6 is 0 Å². The van der Waals surface area contributed by atoms with E-state index in [9.17, 15) is 13.6 Å². The largest absolute Gasteiger partial charge is 0.491 e. The minimum absolute atomic E-state index is 0.0414. The van der Waals surface area contributed by atoms with Gasteiger partial charge in [0.15, 0.2) is 0 Å². The average Bonchev–Trinajstić information content (AvgIpc) is 2.88. The first-order valence-corrected chi connectivity index (χ1v) is 8.48. The van der Waals surface area contributed by atoms with Crippen LogP contribution in [0, 0.1) is 0 Å². The van der Waals surface area contributed by atoms with Gasteiger partial charge in [0.2, 0.25) is 0 Å². The Bertz CT molecular complexity index is 1490. The fraction of sp³-hybridized carbons (Fsp3) is 0.227. The molecule has 0 bridgehead atoms. The van der Waals surface area contributed by atoms with Crippen molar-refractivity contribution in [3.8, 4) is 22.6 Å². The number of rotatable bonds is 5. The van der Waals surface area contributed by atoms with Gasteiger partial charge in [-0.3, -0.25) is 4.79 Å². The molecule has 0 N–H and O–H groups in total. The highest BCUT2D eigenvalue weighted by molar-refractivity contribution is 5.98. The van der Waals surface area contributed by atoms with Crippen LogP contribution in [0.2, 0.25) is 0 Å². The molecule has 0 aliphatic carbocycles. The van der Waals surface area contributed by atoms with Crippen LogP contribution in [0.3, 0.4) is 0 Å². The fourth-order valence-electron chi connectivity index (χ4n) is 2.54. The molecule has 0 atom stereocenters. The van der Waals surface area contributed by atoms with E-state index in [0.717, 1.165) is 12.1 Å². The minimum Gasteiger partial charge on any atom is -0.491 e. The molecule has 1 aliphatic rings. The van der Waals surface area contributed by atoms with E-state index < -0.39 is 85.3 Å². The average molecular weight is 421 g/mol. The Kier molecular flexibility index (Phi) is 2.96. The molecule has 2 heterocycles. The van der Waals surface area contributed by atoms with Crippen LogP contribution in [0.1, 0.15) is 36.8 Å². The molecular weight excluding hydrogens is 392 g/mol. The lowest BCUT2D eigenvalue weighted by Gasteiger charge is -2.19. The van der Waals surface area contributed by atoms with Crippen LogP contribution in [0.15, 0.2) is 60.8 Å². The van der Waals surface area contributed by atoms with Gasteiger partial charge in [0.1, 0.15) is 23.9 Å². The van der Waals surface area contributed by atoms with Gasteiger partial charge in [-0.05, 0) is 41.4 Å². The molecule has 1 aromatic heterocycles. The molecule has 0 radical (unpaired) electrons. The van der Waals surface area contributed by atoms with Gasteiger partial charge in [-0.2, -0.15) is 8.78 Å². The molecule has 3 aromatic rings. The van der Waals surface area contributed by atoms with Crippen molar-refractivity contribution in [3.63, 3.8) is 0 Å². The van der Waals surface area contributed by atoms with Gasteiger partial charge in [-0.25, -0.2) is 9.97 Å². The van der Waals surface area contributed by atoms with E-state index in [1.165, 1.54) is 12.1 Å². The summed E-state index contributed by atoms with van der Waals surface area (Å²) < 4.78 is 118. The third kappa shape index (κ3) is 4.53. The third-order valence-corrected chi connectivity index (χ3v) is 3.79. The van der Waals surface area contributed by atoms with Crippen molar-refractivity contribution in [2.24, 2.45) is 0 Å². The molecule has 0 spiro atoms. The van der Waals surface area contributed by atoms with Gasteiger partial charge in [-0.1, -0.05) is 18.2 Å². The smallest absolute Gasteiger partial charge is 0.394 e. The van der Waals surface area contributed by atoms with E-state index in [1.807, 2.05) is 0 Å². The molecule has 2 aromatic carbocycles. The molecule has 4 rings (SSSR count). The molecule has 1 amide bonds. The highest BCUT2D eigenvalue weighted by Crippen LogP contribution is 2.31. The van der Waals surface area contributed by atoms with E-state index in [4.69, 9.17) is 18.4 Å². The number of hydrogen-bond acceptors (Lipinski definition) is 5. The SMILES string of the molecule is [2H]c1nc(CN2C(=O)c3c([2H])c(-c4ccc(OC(C)(F)F)cc4)c([2H])c([2H])c3OC([2H])([2H])C2([2H])[2H])nc([2H])c1[2H]. The predicted molar refractivity (Wildman–Crippen MR) is 105 cm³/mol. The van der Waals surface area contributed by atoms with Gasteiger partial charge in [0, 0.05) is 19.3 Å². The molecule has 0 unspecified atom stereocenters. The van der Waals surface area contributed by atoms with Crippen molar-refractivity contribution in [1.29, 1.82) is 0 Å². The van der Waals surface area contributed by atoms with Crippen molar-refractivity contribution >= 4 is 5.91 Å². The number of alkyl halides is 2. The third-order valence-electron chi connectivity index (χ3n) is 3.79. The van der Waals surface area contributed by atoms with E-state index in [-0.39, 0.29) is 21.8 Å². The number of ether oxygens (including phenoxy) is 2. The summed E-state index contributed by atoms with van der Waals surface area (Å²) in [6.07, 6.45) is -4.87. The lowest BCUT2D eigenvalue weighted by molar-refractivity contribution is -0.158. The normalized spacial score (nSPS) is 22.1. The molecule has 8 heteroatoms. The van der Waals surface area contributed by atoms with Crippen molar-refractivity contribution in [2.75, 3.05) is 13.1 Å². The molecule has 0 fully saturated rings. The van der Waals surface area contributed by atoms with Crippen LogP contribution in [0.4, 0.5) is 8.78 Å². The van der Waals surface area contributed by atoms with Gasteiger partial charge >= 0.3 is 6.11 Å². The van der Waals surface area contributed by atoms with Crippen LogP contribution in [0.5, 0.6) is 11.5 Å². The van der Waals surface area contributed by atoms with E-state index >= 15 is 0 Å². The summed E-state index contributed by atoms with van der Waals surface area (Å²) in [7, 11) is 0. The predicted octanol–water partition coefficient (Wildman–Crippen LogP) is 4.17. The molecule has 0 saturated carbocycles. The maximum Gasteiger partial charge on any atom is 0.394 e. The summed E-state index contributed by atoms with van der Waals surface area (Å²) in [6, 6.07) is 1.77. The maximum atomic E-state index is 13.7. The summed E-state index contributed by atoms with van der Waals surface area (Å²) in [5.74, 6) is -2.93. The fourth-order valence-corrected chi connectivity index (χ4v) is 2.54. The first-order chi connectivity index (χ1) is 18.4. The van der Waals surface area contributed by atoms with E-state index in [1.54, 1.807) is 0 Å². The second kappa shape index (κ2) is 8.06. The van der Waals surface area contributed by atoms with Crippen molar-refractivity contribution in [3.05, 3.63) is 72.2 Å². The van der Waals surface area contributed by atoms with Crippen molar-refractivity contribution in [1.82, 2.24) is 14.9 Å². The number of benzene rings is 2. The second-order valence-corrected chi connectivity index (χ2v) is 6.08. The number of nitrogens with zero attached hydrogens (tertiary/aromatic N) is 3. The summed E-state index contributed by atoms with van der Waals surface area (Å²) >= 11 is 0. The van der Waals surface area contributed by atoms with Gasteiger partial charge in [0.05, 0.1) is 32.3 Å². The lowest BCUT2D eigenvalue weighted by atomic mass is 10.0. The number of halogens is 2. The van der Waals surface area contributed by atoms with E-state index in [2.05, 4.69) is 14.7 Å². The highest BCUT2D eigenvalue weighted by atomic mass is 19.3. The number of fused-ring (bicyclic) bond motifs is 1. The lowest BCUT2D eigenvalue weighted by Crippen LogP contribution is -2.32. The maximum absolute atomic E-state index is 13.7. The Balaban J connectivity index is 1.89. The standard InChI is InChI=1S/C22H19F2N3O3/c1-22(23,24)30-17-6-3-15(4-7-17)16-5-8-19-18(13-16)21(28)27(11-12-29-19)14-20-25-9-2-10-26-20/h2-10,13H,11-12,14H2,1H3/i2D,5D,8D,9D,10D,11D2,12D2,13D. The zero-order valence-electron chi connectivity index (χ0n) is 25.3. The minimum atomic E-state index is -3.49. The monoisotopic (exact) mass is 421 g/mol. The summed E-state index contributed by atoms with van der Waals surface area (Å²) in [5.41, 5.74) is -1.05. The zero-order chi connectivity index (χ0) is 29.9. The van der Waals surface area contributed by atoms with Crippen molar-refractivity contribution in [2.45, 2.75) is 19.6 Å². The Labute approximate surface area is 186 Å². The van der Waals surface area contributed by atoms with Crippen LogP contribution in [-0.4, -0.2) is 39.9 Å². The van der Waals surface area contributed by atoms with Gasteiger partial charge < -0.3 is 14.4 Å². The Morgan fingerprint density at radius 3 is 2.67 bits per heavy atom. The quantitative estimate of drug-likeness (QED) is 0.619. The van der Waals surface area contributed by atoms with Crippen LogP contribution in [-0.2, 0) is 6.54 Å². The van der Waals surface area contributed by atoms with Crippen molar-refractivity contribution < 1.29 is 36.8 Å².